The van der Waals surface area contributed by atoms with Crippen molar-refractivity contribution in [3.8, 4) is 0 Å². The number of epoxide rings is 1. The van der Waals surface area contributed by atoms with E-state index in [4.69, 9.17) is 4.74 Å². The molecule has 2 fully saturated rings. The Labute approximate surface area is 107 Å². The molecule has 1 unspecified atom stereocenters. The quantitative estimate of drug-likeness (QED) is 0.566. The van der Waals surface area contributed by atoms with Crippen LogP contribution in [0.4, 0.5) is 0 Å². The van der Waals surface area contributed by atoms with Crippen LogP contribution >= 0.6 is 0 Å². The lowest BCUT2D eigenvalue weighted by molar-refractivity contribution is -0.141. The summed E-state index contributed by atoms with van der Waals surface area (Å²) in [4.78, 5) is 36.1. The van der Waals surface area contributed by atoms with Crippen molar-refractivity contribution in [3.63, 3.8) is 0 Å². The van der Waals surface area contributed by atoms with Crippen LogP contribution in [0.1, 0.15) is 47.0 Å². The van der Waals surface area contributed by atoms with Gasteiger partial charge in [0.1, 0.15) is 0 Å². The number of carbonyl (C=O) groups is 3. The molecule has 0 aromatic heterocycles. The van der Waals surface area contributed by atoms with Crippen molar-refractivity contribution in [2.75, 3.05) is 0 Å². The summed E-state index contributed by atoms with van der Waals surface area (Å²) in [7, 11) is 0. The number of ketones is 3. The van der Waals surface area contributed by atoms with Gasteiger partial charge < -0.3 is 4.74 Å². The van der Waals surface area contributed by atoms with Crippen molar-refractivity contribution in [3.05, 3.63) is 0 Å². The third kappa shape index (κ3) is 2.03. The number of ether oxygens (including phenoxy) is 1. The molecular weight excluding hydrogens is 232 g/mol. The maximum Gasteiger partial charge on any atom is 0.218 e. The number of rotatable bonds is 3. The van der Waals surface area contributed by atoms with E-state index < -0.39 is 11.7 Å². The smallest absolute Gasteiger partial charge is 0.218 e. The van der Waals surface area contributed by atoms with E-state index in [9.17, 15) is 14.4 Å². The Morgan fingerprint density at radius 3 is 2.22 bits per heavy atom. The summed E-state index contributed by atoms with van der Waals surface area (Å²) in [5.74, 6) is -0.341. The van der Waals surface area contributed by atoms with Gasteiger partial charge in [-0.25, -0.2) is 0 Å². The maximum atomic E-state index is 12.1. The van der Waals surface area contributed by atoms with Gasteiger partial charge in [0.25, 0.3) is 0 Å². The normalized spacial score (nSPS) is 28.8. The number of Topliss-reactive ketones (excluding diaryl/α,β-unsaturated/α-hetero) is 3. The molecule has 1 heterocycles. The Kier molecular flexibility index (Phi) is 2.97. The summed E-state index contributed by atoms with van der Waals surface area (Å²) in [6, 6.07) is 0. The van der Waals surface area contributed by atoms with Crippen LogP contribution in [0.5, 0.6) is 0 Å². The summed E-state index contributed by atoms with van der Waals surface area (Å²) in [5, 5.41) is 0. The molecule has 1 spiro atoms. The first-order valence-corrected chi connectivity index (χ1v) is 6.46. The van der Waals surface area contributed by atoms with E-state index in [1.165, 1.54) is 0 Å². The van der Waals surface area contributed by atoms with Crippen LogP contribution in [0.25, 0.3) is 0 Å². The number of carbonyl (C=O) groups excluding carboxylic acids is 3. The highest BCUT2D eigenvalue weighted by molar-refractivity contribution is 6.20. The monoisotopic (exact) mass is 252 g/mol. The third-order valence-corrected chi connectivity index (χ3v) is 3.62. The van der Waals surface area contributed by atoms with Gasteiger partial charge >= 0.3 is 0 Å². The minimum atomic E-state index is -1.40. The van der Waals surface area contributed by atoms with E-state index in [0.29, 0.717) is 19.3 Å². The van der Waals surface area contributed by atoms with E-state index in [2.05, 4.69) is 0 Å². The molecule has 4 heteroatoms. The van der Waals surface area contributed by atoms with Crippen LogP contribution in [-0.2, 0) is 19.1 Å². The first kappa shape index (κ1) is 13.4. The molecule has 100 valence electrons. The summed E-state index contributed by atoms with van der Waals surface area (Å²) < 4.78 is 5.28. The van der Waals surface area contributed by atoms with E-state index in [1.807, 2.05) is 27.7 Å². The highest BCUT2D eigenvalue weighted by Crippen LogP contribution is 2.49. The predicted molar refractivity (Wildman–Crippen MR) is 65.1 cm³/mol. The molecule has 2 aliphatic rings. The lowest BCUT2D eigenvalue weighted by Crippen LogP contribution is -2.47. The third-order valence-electron chi connectivity index (χ3n) is 3.62. The average Bonchev–Trinajstić information content (AvgIpc) is 2.88. The molecule has 0 N–H and O–H groups in total. The lowest BCUT2D eigenvalue weighted by Gasteiger charge is -2.30. The minimum Gasteiger partial charge on any atom is -0.341 e. The van der Waals surface area contributed by atoms with Crippen LogP contribution in [0, 0.1) is 11.3 Å². The Bertz CT molecular complexity index is 400. The Morgan fingerprint density at radius 2 is 1.78 bits per heavy atom. The molecule has 4 nitrogen and oxygen atoms in total. The highest BCUT2D eigenvalue weighted by Gasteiger charge is 2.72. The van der Waals surface area contributed by atoms with Gasteiger partial charge in [-0.3, -0.25) is 14.4 Å². The predicted octanol–water partition coefficient (Wildman–Crippen LogP) is 1.70. The molecule has 18 heavy (non-hydrogen) atoms. The average molecular weight is 252 g/mol. The van der Waals surface area contributed by atoms with Crippen LogP contribution in [0.2, 0.25) is 0 Å². The van der Waals surface area contributed by atoms with Crippen LogP contribution in [0.3, 0.4) is 0 Å². The van der Waals surface area contributed by atoms with Gasteiger partial charge in [-0.15, -0.1) is 0 Å². The van der Waals surface area contributed by atoms with Crippen molar-refractivity contribution >= 4 is 17.3 Å². The maximum absolute atomic E-state index is 12.1. The second kappa shape index (κ2) is 3.98. The van der Waals surface area contributed by atoms with Gasteiger partial charge in [0.15, 0.2) is 23.5 Å². The van der Waals surface area contributed by atoms with Crippen molar-refractivity contribution in [1.29, 1.82) is 0 Å². The summed E-state index contributed by atoms with van der Waals surface area (Å²) >= 11 is 0. The first-order chi connectivity index (χ1) is 8.19. The number of hydrogen-bond acceptors (Lipinski definition) is 4. The van der Waals surface area contributed by atoms with Gasteiger partial charge in [0.05, 0.1) is 0 Å². The van der Waals surface area contributed by atoms with Crippen LogP contribution in [0.15, 0.2) is 0 Å². The summed E-state index contributed by atoms with van der Waals surface area (Å²) in [5.41, 5.74) is -1.71. The van der Waals surface area contributed by atoms with E-state index >= 15 is 0 Å². The summed E-state index contributed by atoms with van der Waals surface area (Å²) in [6.45, 7) is 7.65. The molecular formula is C14H20O4. The molecule has 1 aliphatic heterocycles. The zero-order valence-electron chi connectivity index (χ0n) is 11.4. The fraction of sp³-hybridized carbons (Fsp3) is 0.786. The first-order valence-electron chi connectivity index (χ1n) is 6.46. The largest absolute Gasteiger partial charge is 0.341 e. The second-order valence-electron chi connectivity index (χ2n) is 6.66. The van der Waals surface area contributed by atoms with E-state index in [0.717, 1.165) is 0 Å². The van der Waals surface area contributed by atoms with Crippen LogP contribution < -0.4 is 0 Å². The second-order valence-corrected chi connectivity index (χ2v) is 6.66. The molecule has 0 bridgehead atoms. The zero-order chi connectivity index (χ0) is 13.7. The fourth-order valence-electron chi connectivity index (χ4n) is 2.73. The van der Waals surface area contributed by atoms with Gasteiger partial charge in [-0.05, 0) is 11.3 Å². The van der Waals surface area contributed by atoms with Crippen LogP contribution in [-0.4, -0.2) is 29.1 Å². The molecule has 1 atom stereocenters. The van der Waals surface area contributed by atoms with E-state index in [1.54, 1.807) is 0 Å². The van der Waals surface area contributed by atoms with Crippen molar-refractivity contribution in [2.24, 2.45) is 11.3 Å². The Hall–Kier alpha value is -1.03. The zero-order valence-corrected chi connectivity index (χ0v) is 11.4. The Balaban J connectivity index is 2.14. The fourth-order valence-corrected chi connectivity index (χ4v) is 2.73. The van der Waals surface area contributed by atoms with Crippen molar-refractivity contribution < 1.29 is 19.1 Å². The van der Waals surface area contributed by atoms with Gasteiger partial charge in [-0.2, -0.15) is 0 Å². The van der Waals surface area contributed by atoms with Gasteiger partial charge in [-0.1, -0.05) is 27.7 Å². The molecule has 0 amide bonds. The minimum absolute atomic E-state index is 0.119. The molecule has 0 aromatic rings. The topological polar surface area (TPSA) is 63.7 Å². The molecule has 0 aromatic carbocycles. The van der Waals surface area contributed by atoms with Crippen molar-refractivity contribution in [1.82, 2.24) is 0 Å². The van der Waals surface area contributed by atoms with E-state index in [-0.39, 0.29) is 28.7 Å². The molecule has 1 saturated heterocycles. The molecule has 0 radical (unpaired) electrons. The molecule has 2 rings (SSSR count). The SMILES string of the molecule is CC(C)CC(=O)C1OC12C(=O)CC(C)(C)CC2=O. The highest BCUT2D eigenvalue weighted by atomic mass is 16.6. The standard InChI is InChI=1S/C14H20O4/c1-8(2)5-9(15)12-14(18-12)10(16)6-13(3,4)7-11(14)17/h8,12H,5-7H2,1-4H3. The summed E-state index contributed by atoms with van der Waals surface area (Å²) in [6.07, 6.45) is 0.168. The molecule has 1 saturated carbocycles. The lowest BCUT2D eigenvalue weighted by atomic mass is 9.70. The molecule has 1 aliphatic carbocycles. The van der Waals surface area contributed by atoms with Crippen molar-refractivity contribution in [2.45, 2.75) is 58.7 Å². The van der Waals surface area contributed by atoms with Gasteiger partial charge in [0.2, 0.25) is 5.60 Å². The number of hydrogen-bond donors (Lipinski definition) is 0. The van der Waals surface area contributed by atoms with Gasteiger partial charge in [0, 0.05) is 19.3 Å². The Morgan fingerprint density at radius 1 is 1.28 bits per heavy atom.